The van der Waals surface area contributed by atoms with Gasteiger partial charge in [-0.15, -0.1) is 0 Å². The third kappa shape index (κ3) is 5.19. The van der Waals surface area contributed by atoms with E-state index < -0.39 is 0 Å². The Morgan fingerprint density at radius 3 is 2.49 bits per heavy atom. The van der Waals surface area contributed by atoms with Crippen molar-refractivity contribution in [1.82, 2.24) is 19.4 Å². The second-order valence-corrected chi connectivity index (χ2v) is 9.44. The summed E-state index contributed by atoms with van der Waals surface area (Å²) >= 11 is 0. The molecule has 7 heteroatoms. The van der Waals surface area contributed by atoms with Crippen LogP contribution in [0.2, 0.25) is 0 Å². The minimum Gasteiger partial charge on any atom is -0.342 e. The lowest BCUT2D eigenvalue weighted by atomic mass is 9.88. The molecule has 0 bridgehead atoms. The molecule has 180 valence electrons. The summed E-state index contributed by atoms with van der Waals surface area (Å²) in [6.45, 7) is 3.39. The second-order valence-electron chi connectivity index (χ2n) is 9.44. The van der Waals surface area contributed by atoms with Crippen molar-refractivity contribution in [2.45, 2.75) is 44.9 Å². The van der Waals surface area contributed by atoms with Crippen LogP contribution < -0.4 is 5.32 Å². The highest BCUT2D eigenvalue weighted by molar-refractivity contribution is 6.05. The Bertz CT molecular complexity index is 1210. The van der Waals surface area contributed by atoms with E-state index in [1.165, 1.54) is 0 Å². The van der Waals surface area contributed by atoms with Gasteiger partial charge in [-0.25, -0.2) is 4.98 Å². The molecule has 0 spiro atoms. The summed E-state index contributed by atoms with van der Waals surface area (Å²) in [6, 6.07) is 11.4. The van der Waals surface area contributed by atoms with E-state index in [1.807, 2.05) is 59.0 Å². The van der Waals surface area contributed by atoms with Crippen LogP contribution in [0.15, 0.2) is 67.3 Å². The van der Waals surface area contributed by atoms with E-state index in [2.05, 4.69) is 22.5 Å². The monoisotopic (exact) mass is 469 g/mol. The molecule has 1 fully saturated rings. The van der Waals surface area contributed by atoms with Crippen LogP contribution in [0.25, 0.3) is 5.69 Å². The first-order chi connectivity index (χ1) is 17.1. The Kier molecular flexibility index (Phi) is 6.75. The predicted octanol–water partition coefficient (Wildman–Crippen LogP) is 4.89. The molecule has 1 aliphatic carbocycles. The van der Waals surface area contributed by atoms with Crippen molar-refractivity contribution in [3.63, 3.8) is 0 Å². The summed E-state index contributed by atoms with van der Waals surface area (Å²) in [6.07, 6.45) is 14.1. The molecule has 1 aromatic carbocycles. The number of imidazole rings is 1. The maximum Gasteiger partial charge on any atom is 0.257 e. The van der Waals surface area contributed by atoms with Crippen molar-refractivity contribution in [2.24, 2.45) is 5.92 Å². The highest BCUT2D eigenvalue weighted by Crippen LogP contribution is 2.31. The number of aryl methyl sites for hydroxylation is 1. The first-order valence-corrected chi connectivity index (χ1v) is 12.4. The van der Waals surface area contributed by atoms with Gasteiger partial charge in [-0.2, -0.15) is 0 Å². The van der Waals surface area contributed by atoms with Gasteiger partial charge in [-0.1, -0.05) is 12.2 Å². The normalized spacial score (nSPS) is 18.4. The fraction of sp³-hybridized carbons (Fsp3) is 0.357. The Labute approximate surface area is 205 Å². The number of pyridine rings is 1. The summed E-state index contributed by atoms with van der Waals surface area (Å²) < 4.78 is 1.91. The van der Waals surface area contributed by atoms with Gasteiger partial charge >= 0.3 is 0 Å². The van der Waals surface area contributed by atoms with Gasteiger partial charge in [0, 0.05) is 54.4 Å². The first kappa shape index (κ1) is 23.0. The molecule has 3 heterocycles. The van der Waals surface area contributed by atoms with E-state index in [4.69, 9.17) is 4.98 Å². The minimum atomic E-state index is -0.157. The number of piperidine rings is 1. The van der Waals surface area contributed by atoms with Gasteiger partial charge in [0.05, 0.1) is 17.6 Å². The van der Waals surface area contributed by atoms with Crippen LogP contribution in [-0.4, -0.2) is 44.3 Å². The lowest BCUT2D eigenvalue weighted by molar-refractivity contribution is -0.136. The number of hydrogen-bond donors (Lipinski definition) is 1. The van der Waals surface area contributed by atoms with Crippen LogP contribution in [-0.2, 0) is 4.79 Å². The van der Waals surface area contributed by atoms with Gasteiger partial charge in [-0.05, 0) is 75.4 Å². The number of anilines is 1. The van der Waals surface area contributed by atoms with Crippen LogP contribution in [0.1, 0.15) is 59.8 Å². The molecule has 1 atom stereocenters. The number of allylic oxidation sites excluding steroid dienone is 2. The third-order valence-electron chi connectivity index (χ3n) is 7.05. The van der Waals surface area contributed by atoms with Crippen molar-refractivity contribution in [1.29, 1.82) is 0 Å². The number of hydrogen-bond acceptors (Lipinski definition) is 4. The average Bonchev–Trinajstić information content (AvgIpc) is 3.44. The zero-order chi connectivity index (χ0) is 24.2. The molecule has 2 aromatic heterocycles. The molecular weight excluding hydrogens is 438 g/mol. The molecule has 1 saturated heterocycles. The van der Waals surface area contributed by atoms with Gasteiger partial charge < -0.3 is 14.8 Å². The molecule has 0 radical (unpaired) electrons. The van der Waals surface area contributed by atoms with E-state index >= 15 is 0 Å². The van der Waals surface area contributed by atoms with Gasteiger partial charge in [-0.3, -0.25) is 14.6 Å². The number of aromatic nitrogens is 3. The molecule has 7 nitrogen and oxygen atoms in total. The van der Waals surface area contributed by atoms with E-state index in [0.717, 1.165) is 68.0 Å². The smallest absolute Gasteiger partial charge is 0.257 e. The standard InChI is InChI=1S/C28H31N5O2/c1-20-7-12-25(27(34)31-23-8-10-24(11-9-23)33-18-15-29-19-33)26(30-20)21-13-16-32(17-14-21)28(35)22-5-3-2-4-6-22/h2-3,7-12,15,18-19,21-22H,4-6,13-14,16-17H2,1H3,(H,31,34). The Morgan fingerprint density at radius 1 is 1.00 bits per heavy atom. The quantitative estimate of drug-likeness (QED) is 0.540. The molecule has 1 unspecified atom stereocenters. The van der Waals surface area contributed by atoms with Crippen molar-refractivity contribution in [2.75, 3.05) is 18.4 Å². The largest absolute Gasteiger partial charge is 0.342 e. The fourth-order valence-electron chi connectivity index (χ4n) is 5.06. The zero-order valence-corrected chi connectivity index (χ0v) is 20.1. The number of nitrogens with zero attached hydrogens (tertiary/aromatic N) is 4. The molecule has 2 amide bonds. The third-order valence-corrected chi connectivity index (χ3v) is 7.05. The first-order valence-electron chi connectivity index (χ1n) is 12.4. The molecule has 1 N–H and O–H groups in total. The van der Waals surface area contributed by atoms with Crippen LogP contribution in [0.3, 0.4) is 0 Å². The van der Waals surface area contributed by atoms with Crippen molar-refractivity contribution < 1.29 is 9.59 Å². The summed E-state index contributed by atoms with van der Waals surface area (Å²) in [7, 11) is 0. The molecule has 0 saturated carbocycles. The van der Waals surface area contributed by atoms with Gasteiger partial charge in [0.25, 0.3) is 5.91 Å². The second kappa shape index (κ2) is 10.3. The zero-order valence-electron chi connectivity index (χ0n) is 20.1. The van der Waals surface area contributed by atoms with Crippen LogP contribution in [0, 0.1) is 12.8 Å². The molecular formula is C28H31N5O2. The Hall–Kier alpha value is -3.74. The molecule has 2 aliphatic rings. The predicted molar refractivity (Wildman–Crippen MR) is 136 cm³/mol. The minimum absolute atomic E-state index is 0.121. The van der Waals surface area contributed by atoms with Crippen LogP contribution >= 0.6 is 0 Å². The Morgan fingerprint density at radius 2 is 1.80 bits per heavy atom. The van der Waals surface area contributed by atoms with Crippen molar-refractivity contribution in [3.8, 4) is 5.69 Å². The summed E-state index contributed by atoms with van der Waals surface area (Å²) in [5.74, 6) is 0.405. The van der Waals surface area contributed by atoms with Gasteiger partial charge in [0.2, 0.25) is 5.91 Å². The lowest BCUT2D eigenvalue weighted by Gasteiger charge is -2.35. The van der Waals surface area contributed by atoms with E-state index in [1.54, 1.807) is 12.5 Å². The number of carbonyl (C=O) groups excluding carboxylic acids is 2. The maximum absolute atomic E-state index is 13.2. The van der Waals surface area contributed by atoms with Gasteiger partial charge in [0.1, 0.15) is 0 Å². The van der Waals surface area contributed by atoms with E-state index in [-0.39, 0.29) is 23.7 Å². The van der Waals surface area contributed by atoms with Crippen molar-refractivity contribution in [3.05, 3.63) is 84.2 Å². The number of amides is 2. The summed E-state index contributed by atoms with van der Waals surface area (Å²) in [5.41, 5.74) is 4.05. The molecule has 3 aromatic rings. The molecule has 35 heavy (non-hydrogen) atoms. The highest BCUT2D eigenvalue weighted by atomic mass is 16.2. The van der Waals surface area contributed by atoms with Crippen molar-refractivity contribution >= 4 is 17.5 Å². The number of carbonyl (C=O) groups is 2. The summed E-state index contributed by atoms with van der Waals surface area (Å²) in [4.78, 5) is 37.0. The topological polar surface area (TPSA) is 80.1 Å². The average molecular weight is 470 g/mol. The molecule has 1 aliphatic heterocycles. The van der Waals surface area contributed by atoms with Gasteiger partial charge in [0.15, 0.2) is 0 Å². The summed E-state index contributed by atoms with van der Waals surface area (Å²) in [5, 5.41) is 3.02. The number of nitrogens with one attached hydrogen (secondary N) is 1. The number of likely N-dealkylation sites (tertiary alicyclic amines) is 1. The van der Waals surface area contributed by atoms with E-state index in [9.17, 15) is 9.59 Å². The van der Waals surface area contributed by atoms with Crippen LogP contribution in [0.4, 0.5) is 5.69 Å². The Balaban J connectivity index is 1.26. The number of benzene rings is 1. The van der Waals surface area contributed by atoms with E-state index in [0.29, 0.717) is 5.56 Å². The fourth-order valence-corrected chi connectivity index (χ4v) is 5.06. The molecule has 5 rings (SSSR count). The maximum atomic E-state index is 13.2. The lowest BCUT2D eigenvalue weighted by Crippen LogP contribution is -2.42. The SMILES string of the molecule is Cc1ccc(C(=O)Nc2ccc(-n3ccnc3)cc2)c(C2CCN(C(=O)C3CC=CCC3)CC2)n1. The highest BCUT2D eigenvalue weighted by Gasteiger charge is 2.31. The van der Waals surface area contributed by atoms with Crippen LogP contribution in [0.5, 0.6) is 0 Å². The number of rotatable bonds is 5.